The van der Waals surface area contributed by atoms with E-state index in [-0.39, 0.29) is 55.6 Å². The minimum atomic E-state index is -3.92. The van der Waals surface area contributed by atoms with Crippen LogP contribution in [0.2, 0.25) is 5.15 Å². The number of amides is 8. The number of fused-ring (bicyclic) bond motifs is 2. The summed E-state index contributed by atoms with van der Waals surface area (Å²) in [5.41, 5.74) is -6.55. The molecule has 8 amide bonds. The van der Waals surface area contributed by atoms with E-state index >= 15 is 0 Å². The molecule has 2 aliphatic heterocycles. The molecule has 0 unspecified atom stereocenters. The molecule has 2 saturated heterocycles. The van der Waals surface area contributed by atoms with E-state index in [0.29, 0.717) is 53.3 Å². The highest BCUT2D eigenvalue weighted by Gasteiger charge is 2.64. The van der Waals surface area contributed by atoms with E-state index in [2.05, 4.69) is 53.8 Å². The Morgan fingerprint density at radius 1 is 0.598 bits per heavy atom. The predicted octanol–water partition coefficient (Wildman–Crippen LogP) is 7.19. The summed E-state index contributed by atoms with van der Waals surface area (Å²) in [4.78, 5) is 121. The van der Waals surface area contributed by atoms with Crippen molar-refractivity contribution in [2.24, 2.45) is 22.7 Å². The van der Waals surface area contributed by atoms with Gasteiger partial charge in [0.1, 0.15) is 63.8 Å². The molecule has 4 aromatic rings. The lowest BCUT2D eigenvalue weighted by Gasteiger charge is -2.36. The summed E-state index contributed by atoms with van der Waals surface area (Å²) in [6.45, 7) is 27.9. The first-order valence-corrected chi connectivity index (χ1v) is 37.0. The Kier molecular flexibility index (Phi) is 22.0. The maximum Gasteiger partial charge on any atom is 0.408 e. The first-order chi connectivity index (χ1) is 47.4. The Morgan fingerprint density at radius 2 is 1.01 bits per heavy atom. The first kappa shape index (κ1) is 77.6. The molecule has 4 heterocycles. The summed E-state index contributed by atoms with van der Waals surface area (Å²) >= 11 is 6.37. The zero-order valence-electron chi connectivity index (χ0n) is 59.7. The zero-order chi connectivity index (χ0) is 75.4. The number of benzene rings is 2. The van der Waals surface area contributed by atoms with Crippen molar-refractivity contribution in [2.45, 2.75) is 204 Å². The Balaban J connectivity index is 0.000000237. The van der Waals surface area contributed by atoms with Crippen molar-refractivity contribution >= 4 is 101 Å². The molecule has 28 nitrogen and oxygen atoms in total. The lowest BCUT2D eigenvalue weighted by atomic mass is 9.85. The number of pyridine rings is 2. The minimum Gasteiger partial charge on any atom is -0.494 e. The number of hydrogen-bond acceptors (Lipinski definition) is 20. The number of methoxy groups -OCH3 is 2. The second-order valence-electron chi connectivity index (χ2n) is 30.9. The molecule has 2 aromatic carbocycles. The normalized spacial score (nSPS) is 23.9. The molecule has 10 atom stereocenters. The number of sulfonamides is 2. The largest absolute Gasteiger partial charge is 0.494 e. The summed E-state index contributed by atoms with van der Waals surface area (Å²) in [5.74, 6) is -5.34. The standard InChI is InChI=1S/C35H46ClN5O9S.C35H46FN5O9S/c1-9-20-17-35(20,31(44)40-51(46,47)22-10-11-22)39-29(42)24-15-21(49-26-16-23-19(14-25(26)48-8)12-13-37-28(23)36)18-41(24)30(43)27(33(2,3)4)38-32(45)50-34(5,6)7;1-9-20-17-35(20,31(44)40-51(46,47)22-10-11-22)39-28(42)25-15-21(49-29-23-16-24(36)26(48-8)14-19(23)12-13-37-29)18-41(25)30(43)27(33(2,3)4)38-32(45)50-34(5,6)7/h9,12-14,16,20-22,24,27H,1,10-11,15,17-18H2,2-8H3,(H,38,45)(H,39,42)(H,40,44);9,12-14,16,20-22,25,27H,1,10-11,15,17-18H2,2-8H3,(H,38,45)(H,39,42)(H,40,44)/t20-,21-,24+,27-,35-;20-,21-,25+,27-,35-/m11/s1. The summed E-state index contributed by atoms with van der Waals surface area (Å²) in [5, 5.41) is 12.0. The van der Waals surface area contributed by atoms with E-state index in [1.807, 2.05) is 0 Å². The van der Waals surface area contributed by atoms with Crippen LogP contribution in [-0.4, -0.2) is 181 Å². The second kappa shape index (κ2) is 28.9. The van der Waals surface area contributed by atoms with Crippen molar-refractivity contribution in [1.82, 2.24) is 50.5 Å². The number of carbonyl (C=O) groups excluding carboxylic acids is 8. The van der Waals surface area contributed by atoms with E-state index in [1.165, 1.54) is 54.5 Å². The number of halogens is 2. The van der Waals surface area contributed by atoms with Gasteiger partial charge in [0.05, 0.1) is 37.8 Å². The second-order valence-corrected chi connectivity index (χ2v) is 35.1. The number of carbonyl (C=O) groups is 8. The molecular formula is C70H92ClFN10O18S2. The van der Waals surface area contributed by atoms with Gasteiger partial charge in [-0.25, -0.2) is 40.8 Å². The fourth-order valence-electron chi connectivity index (χ4n) is 12.4. The van der Waals surface area contributed by atoms with Crippen molar-refractivity contribution in [2.75, 3.05) is 27.3 Å². The molecule has 10 rings (SSSR count). The van der Waals surface area contributed by atoms with Gasteiger partial charge in [0.15, 0.2) is 23.1 Å². The van der Waals surface area contributed by atoms with Crippen LogP contribution in [0.4, 0.5) is 14.0 Å². The van der Waals surface area contributed by atoms with Gasteiger partial charge in [0, 0.05) is 47.8 Å². The van der Waals surface area contributed by atoms with Gasteiger partial charge in [-0.15, -0.1) is 13.2 Å². The van der Waals surface area contributed by atoms with Gasteiger partial charge in [-0.3, -0.25) is 38.2 Å². The van der Waals surface area contributed by atoms with Crippen LogP contribution in [-0.2, 0) is 58.3 Å². The van der Waals surface area contributed by atoms with Gasteiger partial charge in [-0.2, -0.15) is 0 Å². The average molecular weight is 1480 g/mol. The highest BCUT2D eigenvalue weighted by atomic mass is 35.5. The van der Waals surface area contributed by atoms with Crippen molar-refractivity contribution < 1.29 is 88.0 Å². The topological polar surface area (TPSA) is 365 Å². The Bertz CT molecular complexity index is 4240. The van der Waals surface area contributed by atoms with Gasteiger partial charge in [-0.05, 0) is 138 Å². The molecule has 0 spiro atoms. The third kappa shape index (κ3) is 17.7. The Morgan fingerprint density at radius 3 is 1.40 bits per heavy atom. The predicted molar refractivity (Wildman–Crippen MR) is 374 cm³/mol. The van der Waals surface area contributed by atoms with Crippen LogP contribution in [0.1, 0.15) is 134 Å². The van der Waals surface area contributed by atoms with Crippen LogP contribution in [0.25, 0.3) is 21.5 Å². The molecule has 0 radical (unpaired) electrons. The monoisotopic (exact) mass is 1480 g/mol. The molecule has 556 valence electrons. The van der Waals surface area contributed by atoms with Crippen LogP contribution in [0.5, 0.6) is 23.1 Å². The molecule has 0 bridgehead atoms. The number of likely N-dealkylation sites (tertiary alicyclic amines) is 2. The van der Waals surface area contributed by atoms with Crippen LogP contribution in [0.3, 0.4) is 0 Å². The number of ether oxygens (including phenoxy) is 6. The molecule has 4 aliphatic carbocycles. The molecule has 6 N–H and O–H groups in total. The number of nitrogens with one attached hydrogen (secondary N) is 6. The summed E-state index contributed by atoms with van der Waals surface area (Å²) in [6, 6.07) is 4.84. The molecule has 2 aromatic heterocycles. The van der Waals surface area contributed by atoms with Gasteiger partial charge in [0.2, 0.25) is 49.6 Å². The highest BCUT2D eigenvalue weighted by Crippen LogP contribution is 2.48. The Labute approximate surface area is 598 Å². The first-order valence-electron chi connectivity index (χ1n) is 33.6. The summed E-state index contributed by atoms with van der Waals surface area (Å²) in [6.07, 6.45) is 4.65. The van der Waals surface area contributed by atoms with Crippen LogP contribution < -0.4 is 49.7 Å². The molecule has 4 saturated carbocycles. The number of alkyl carbamates (subject to hydrolysis) is 2. The van der Waals surface area contributed by atoms with E-state index < -0.39 is 165 Å². The maximum absolute atomic E-state index is 14.8. The SMILES string of the molecule is C=C[C@@H]1C[C@]1(NC(=O)[C@@H]1C[C@@H](Oc2cc3c(Cl)nccc3cc2OC)CN1C(=O)[C@@H](NC(=O)OC(C)(C)C)C(C)(C)C)C(=O)NS(=O)(=O)C1CC1.C=C[C@@H]1C[C@]1(NC(=O)[C@@H]1C[C@@H](Oc2nccc3cc(OC)c(F)cc23)CN1C(=O)[C@@H](NC(=O)OC(C)(C)C)C(C)(C)C)C(=O)NS(=O)(=O)C1CC1. The molecule has 6 fully saturated rings. The van der Waals surface area contributed by atoms with Crippen LogP contribution in [0.15, 0.2) is 74.1 Å². The van der Waals surface area contributed by atoms with E-state index in [1.54, 1.807) is 114 Å². The lowest BCUT2D eigenvalue weighted by molar-refractivity contribution is -0.143. The number of hydrogen-bond donors (Lipinski definition) is 6. The summed E-state index contributed by atoms with van der Waals surface area (Å²) in [7, 11) is -5.01. The minimum absolute atomic E-state index is 0.0142. The van der Waals surface area contributed by atoms with Gasteiger partial charge >= 0.3 is 12.2 Å². The number of nitrogens with zero attached hydrogens (tertiary/aromatic N) is 4. The van der Waals surface area contributed by atoms with Crippen molar-refractivity contribution in [1.29, 1.82) is 0 Å². The molecule has 102 heavy (non-hydrogen) atoms. The van der Waals surface area contributed by atoms with Gasteiger partial charge < -0.3 is 59.5 Å². The smallest absolute Gasteiger partial charge is 0.408 e. The van der Waals surface area contributed by atoms with Crippen molar-refractivity contribution in [3.8, 4) is 23.1 Å². The van der Waals surface area contributed by atoms with E-state index in [0.717, 1.165) is 5.39 Å². The third-order valence-corrected chi connectivity index (χ3v) is 22.3. The van der Waals surface area contributed by atoms with Crippen LogP contribution >= 0.6 is 11.6 Å². The molecular weight excluding hydrogens is 1390 g/mol. The highest BCUT2D eigenvalue weighted by molar-refractivity contribution is 7.91. The van der Waals surface area contributed by atoms with Gasteiger partial charge in [-0.1, -0.05) is 65.3 Å². The van der Waals surface area contributed by atoms with Gasteiger partial charge in [0.25, 0.3) is 11.8 Å². The van der Waals surface area contributed by atoms with Crippen molar-refractivity contribution in [3.63, 3.8) is 0 Å². The number of rotatable bonds is 22. The quantitative estimate of drug-likeness (QED) is 0.0335. The fraction of sp³-hybridized carbons (Fsp3) is 0.571. The fourth-order valence-corrected chi connectivity index (χ4v) is 15.3. The average Bonchev–Trinajstić information content (AvgIpc) is 1.58. The van der Waals surface area contributed by atoms with E-state index in [4.69, 9.17) is 40.0 Å². The Hall–Kier alpha value is -8.58. The zero-order valence-corrected chi connectivity index (χ0v) is 62.1. The number of aromatic nitrogens is 2. The van der Waals surface area contributed by atoms with Crippen molar-refractivity contribution in [3.05, 3.63) is 85.1 Å². The summed E-state index contributed by atoms with van der Waals surface area (Å²) < 4.78 is 104. The molecule has 6 aliphatic rings. The van der Waals surface area contributed by atoms with E-state index in [9.17, 15) is 59.6 Å². The maximum atomic E-state index is 14.8. The molecule has 32 heteroatoms. The third-order valence-electron chi connectivity index (χ3n) is 18.3. The van der Waals surface area contributed by atoms with Crippen LogP contribution in [0, 0.1) is 28.5 Å². The lowest BCUT2D eigenvalue weighted by Crippen LogP contribution is -2.60.